The molecule has 0 saturated heterocycles. The van der Waals surface area contributed by atoms with Crippen LogP contribution < -0.4 is 30.3 Å². The summed E-state index contributed by atoms with van der Waals surface area (Å²) >= 11 is 6.25. The Morgan fingerprint density at radius 1 is 1.04 bits per heavy atom. The molecule has 0 bridgehead atoms. The van der Waals surface area contributed by atoms with Crippen LogP contribution in [0.3, 0.4) is 0 Å². The summed E-state index contributed by atoms with van der Waals surface area (Å²) < 4.78 is 22.3. The number of hydrazone groups is 1. The molecule has 0 saturated carbocycles. The Bertz CT molecular complexity index is 1670. The number of hydrogen-bond donors (Lipinski definition) is 3. The van der Waals surface area contributed by atoms with Crippen molar-refractivity contribution in [2.45, 2.75) is 32.9 Å². The van der Waals surface area contributed by atoms with Crippen LogP contribution in [0.15, 0.2) is 89.7 Å². The predicted molar refractivity (Wildman–Crippen MR) is 174 cm³/mol. The van der Waals surface area contributed by atoms with Crippen LogP contribution in [0, 0.1) is 0 Å². The zero-order chi connectivity index (χ0) is 33.1. The molecule has 0 aromatic heterocycles. The topological polar surface area (TPSA) is 137 Å². The number of benzene rings is 3. The normalized spacial score (nSPS) is 14.3. The summed E-state index contributed by atoms with van der Waals surface area (Å²) in [6, 6.07) is 16.7. The van der Waals surface area contributed by atoms with E-state index in [2.05, 4.69) is 27.7 Å². The SMILES string of the molecule is C=CCc1cc(/C=N\NC(=O)COc2ccc([C@H]3NC(=O)NC(C)=C3C(=O)OCC)cc2OC)ccc1OCc1ccccc1Cl. The molecule has 1 aliphatic rings. The molecule has 1 atom stereocenters. The average molecular weight is 647 g/mol. The maximum absolute atomic E-state index is 12.6. The van der Waals surface area contributed by atoms with Crippen molar-refractivity contribution in [3.8, 4) is 17.2 Å². The molecule has 3 amide bonds. The first-order valence-electron chi connectivity index (χ1n) is 14.4. The highest BCUT2D eigenvalue weighted by atomic mass is 35.5. The second kappa shape index (κ2) is 16.1. The number of carbonyl (C=O) groups excluding carboxylic acids is 3. The first-order valence-corrected chi connectivity index (χ1v) is 14.8. The van der Waals surface area contributed by atoms with Gasteiger partial charge in [0.15, 0.2) is 18.1 Å². The van der Waals surface area contributed by atoms with E-state index in [1.165, 1.54) is 13.3 Å². The van der Waals surface area contributed by atoms with Gasteiger partial charge in [0.05, 0.1) is 31.5 Å². The molecule has 3 aromatic rings. The number of allylic oxidation sites excluding steroid dienone is 2. The Morgan fingerprint density at radius 2 is 1.83 bits per heavy atom. The Kier molecular flexibility index (Phi) is 11.8. The third kappa shape index (κ3) is 8.66. The Morgan fingerprint density at radius 3 is 2.57 bits per heavy atom. The number of rotatable bonds is 14. The summed E-state index contributed by atoms with van der Waals surface area (Å²) in [6.07, 6.45) is 3.87. The van der Waals surface area contributed by atoms with Gasteiger partial charge in [-0.05, 0) is 73.4 Å². The lowest BCUT2D eigenvalue weighted by Gasteiger charge is -2.28. The Balaban J connectivity index is 1.37. The van der Waals surface area contributed by atoms with Crippen molar-refractivity contribution in [3.63, 3.8) is 0 Å². The fraction of sp³-hybridized carbons (Fsp3) is 0.235. The van der Waals surface area contributed by atoms with Crippen LogP contribution in [-0.2, 0) is 27.4 Å². The van der Waals surface area contributed by atoms with Crippen LogP contribution in [0.5, 0.6) is 17.2 Å². The predicted octanol–water partition coefficient (Wildman–Crippen LogP) is 5.38. The number of nitrogens with one attached hydrogen (secondary N) is 3. The number of amides is 3. The lowest BCUT2D eigenvalue weighted by molar-refractivity contribution is -0.139. The molecule has 0 radical (unpaired) electrons. The fourth-order valence-corrected chi connectivity index (χ4v) is 4.86. The summed E-state index contributed by atoms with van der Waals surface area (Å²) in [6.45, 7) is 7.31. The second-order valence-electron chi connectivity index (χ2n) is 10.0. The maximum Gasteiger partial charge on any atom is 0.338 e. The minimum absolute atomic E-state index is 0.182. The van der Waals surface area contributed by atoms with E-state index >= 15 is 0 Å². The van der Waals surface area contributed by atoms with Gasteiger partial charge in [0, 0.05) is 16.3 Å². The zero-order valence-electron chi connectivity index (χ0n) is 25.7. The van der Waals surface area contributed by atoms with E-state index in [1.54, 1.807) is 38.1 Å². The maximum atomic E-state index is 12.6. The highest BCUT2D eigenvalue weighted by molar-refractivity contribution is 6.31. The summed E-state index contributed by atoms with van der Waals surface area (Å²) in [4.78, 5) is 37.3. The molecular weight excluding hydrogens is 612 g/mol. The van der Waals surface area contributed by atoms with Crippen molar-refractivity contribution in [2.75, 3.05) is 20.3 Å². The van der Waals surface area contributed by atoms with E-state index in [0.29, 0.717) is 40.8 Å². The van der Waals surface area contributed by atoms with Gasteiger partial charge in [-0.25, -0.2) is 15.0 Å². The monoisotopic (exact) mass is 646 g/mol. The third-order valence-electron chi connectivity index (χ3n) is 6.84. The van der Waals surface area contributed by atoms with Crippen molar-refractivity contribution in [1.82, 2.24) is 16.1 Å². The summed E-state index contributed by atoms with van der Waals surface area (Å²) in [5, 5.41) is 10.0. The molecule has 3 N–H and O–H groups in total. The van der Waals surface area contributed by atoms with Gasteiger partial charge < -0.3 is 29.6 Å². The van der Waals surface area contributed by atoms with Crippen LogP contribution in [0.2, 0.25) is 5.02 Å². The molecule has 1 heterocycles. The fourth-order valence-electron chi connectivity index (χ4n) is 4.67. The number of esters is 1. The highest BCUT2D eigenvalue weighted by Gasteiger charge is 2.32. The van der Waals surface area contributed by atoms with Crippen LogP contribution in [0.1, 0.15) is 42.1 Å². The summed E-state index contributed by atoms with van der Waals surface area (Å²) in [7, 11) is 1.44. The standard InChI is InChI=1S/C34H35ClN4O7/c1-5-9-23-16-22(12-14-27(23)45-19-25-10-7-8-11-26(25)35)18-36-39-30(40)20-46-28-15-13-24(17-29(28)43-4)32-31(33(41)44-6-2)21(3)37-34(42)38-32/h5,7-8,10-18,32H,1,6,9,19-20H2,2-4H3,(H,39,40)(H2,37,38,42)/b36-18-/t32-/m1/s1. The molecule has 0 fully saturated rings. The van der Waals surface area contributed by atoms with E-state index in [-0.39, 0.29) is 24.5 Å². The number of methoxy groups -OCH3 is 1. The minimum atomic E-state index is -0.775. The Labute approximate surface area is 272 Å². The van der Waals surface area contributed by atoms with Gasteiger partial charge in [0.25, 0.3) is 5.91 Å². The molecule has 0 spiro atoms. The van der Waals surface area contributed by atoms with Crippen LogP contribution in [0.4, 0.5) is 4.79 Å². The van der Waals surface area contributed by atoms with Gasteiger partial charge in [-0.1, -0.05) is 41.9 Å². The molecule has 0 unspecified atom stereocenters. The molecule has 1 aliphatic heterocycles. The van der Waals surface area contributed by atoms with Gasteiger partial charge in [0.1, 0.15) is 12.4 Å². The first-order chi connectivity index (χ1) is 22.2. The van der Waals surface area contributed by atoms with E-state index in [1.807, 2.05) is 42.5 Å². The number of carbonyl (C=O) groups is 3. The highest BCUT2D eigenvalue weighted by Crippen LogP contribution is 2.34. The van der Waals surface area contributed by atoms with E-state index < -0.39 is 23.9 Å². The van der Waals surface area contributed by atoms with Gasteiger partial charge in [0.2, 0.25) is 0 Å². The van der Waals surface area contributed by atoms with E-state index in [4.69, 9.17) is 30.5 Å². The largest absolute Gasteiger partial charge is 0.493 e. The average Bonchev–Trinajstić information content (AvgIpc) is 3.04. The lowest BCUT2D eigenvalue weighted by Crippen LogP contribution is -2.45. The number of halogens is 1. The van der Waals surface area contributed by atoms with Crippen LogP contribution >= 0.6 is 11.6 Å². The number of nitrogens with zero attached hydrogens (tertiary/aromatic N) is 1. The third-order valence-corrected chi connectivity index (χ3v) is 7.21. The number of hydrogen-bond acceptors (Lipinski definition) is 8. The molecule has 240 valence electrons. The number of urea groups is 1. The molecule has 3 aromatic carbocycles. The van der Waals surface area contributed by atoms with Gasteiger partial charge >= 0.3 is 12.0 Å². The molecule has 46 heavy (non-hydrogen) atoms. The molecular formula is C34H35ClN4O7. The van der Waals surface area contributed by atoms with Crippen molar-refractivity contribution < 1.29 is 33.3 Å². The van der Waals surface area contributed by atoms with Crippen molar-refractivity contribution in [1.29, 1.82) is 0 Å². The Hall–Kier alpha value is -5.29. The minimum Gasteiger partial charge on any atom is -0.493 e. The second-order valence-corrected chi connectivity index (χ2v) is 10.4. The van der Waals surface area contributed by atoms with Crippen molar-refractivity contribution >= 4 is 35.7 Å². The quantitative estimate of drug-likeness (QED) is 0.0926. The van der Waals surface area contributed by atoms with Gasteiger partial charge in [-0.2, -0.15) is 5.10 Å². The zero-order valence-corrected chi connectivity index (χ0v) is 26.5. The van der Waals surface area contributed by atoms with E-state index in [0.717, 1.165) is 16.7 Å². The molecule has 12 heteroatoms. The molecule has 11 nitrogen and oxygen atoms in total. The summed E-state index contributed by atoms with van der Waals surface area (Å²) in [5.41, 5.74) is 6.19. The van der Waals surface area contributed by atoms with Crippen LogP contribution in [0.25, 0.3) is 0 Å². The van der Waals surface area contributed by atoms with Crippen molar-refractivity contribution in [2.24, 2.45) is 5.10 Å². The lowest BCUT2D eigenvalue weighted by atomic mass is 9.95. The number of ether oxygens (including phenoxy) is 4. The van der Waals surface area contributed by atoms with Crippen LogP contribution in [-0.4, -0.2) is 44.4 Å². The summed E-state index contributed by atoms with van der Waals surface area (Å²) in [5.74, 6) is 0.227. The molecule has 4 rings (SSSR count). The smallest absolute Gasteiger partial charge is 0.338 e. The van der Waals surface area contributed by atoms with Gasteiger partial charge in [-0.3, -0.25) is 4.79 Å². The first kappa shape index (κ1) is 33.6. The van der Waals surface area contributed by atoms with Gasteiger partial charge in [-0.15, -0.1) is 6.58 Å². The van der Waals surface area contributed by atoms with Crippen molar-refractivity contribution in [3.05, 3.63) is 112 Å². The molecule has 0 aliphatic carbocycles. The van der Waals surface area contributed by atoms with E-state index in [9.17, 15) is 14.4 Å².